The standard InChI is InChI=1S/C19H26O3/c1-15(2)7-6-8-16(3)13-14-22-19(21)12-11-17-9-4-5-10-18(17)20/h4-5,7,9-12,16,20H,6,8,13-14H2,1-3H3/b12-11+. The van der Waals surface area contributed by atoms with Gasteiger partial charge in [0.1, 0.15) is 5.75 Å². The molecule has 0 aromatic heterocycles. The van der Waals surface area contributed by atoms with Gasteiger partial charge in [-0.15, -0.1) is 0 Å². The summed E-state index contributed by atoms with van der Waals surface area (Å²) in [6.45, 7) is 6.80. The van der Waals surface area contributed by atoms with Crippen LogP contribution in [0.3, 0.4) is 0 Å². The summed E-state index contributed by atoms with van der Waals surface area (Å²) in [5, 5.41) is 9.59. The molecule has 0 saturated carbocycles. The zero-order valence-corrected chi connectivity index (χ0v) is 13.7. The van der Waals surface area contributed by atoms with Gasteiger partial charge in [0.2, 0.25) is 0 Å². The van der Waals surface area contributed by atoms with Crippen LogP contribution in [-0.4, -0.2) is 17.7 Å². The number of hydrogen-bond donors (Lipinski definition) is 1. The van der Waals surface area contributed by atoms with Crippen LogP contribution >= 0.6 is 0 Å². The highest BCUT2D eigenvalue weighted by Gasteiger charge is 2.04. The second-order valence-corrected chi connectivity index (χ2v) is 5.81. The van der Waals surface area contributed by atoms with Crippen molar-refractivity contribution in [3.63, 3.8) is 0 Å². The number of esters is 1. The maximum absolute atomic E-state index is 11.6. The fourth-order valence-corrected chi connectivity index (χ4v) is 2.00. The van der Waals surface area contributed by atoms with Gasteiger partial charge >= 0.3 is 5.97 Å². The van der Waals surface area contributed by atoms with Gasteiger partial charge in [-0.25, -0.2) is 4.79 Å². The summed E-state index contributed by atoms with van der Waals surface area (Å²) >= 11 is 0. The van der Waals surface area contributed by atoms with E-state index in [4.69, 9.17) is 4.74 Å². The Kier molecular flexibility index (Phi) is 8.05. The van der Waals surface area contributed by atoms with E-state index in [2.05, 4.69) is 26.8 Å². The first-order chi connectivity index (χ1) is 10.5. The van der Waals surface area contributed by atoms with Gasteiger partial charge in [0.15, 0.2) is 0 Å². The maximum Gasteiger partial charge on any atom is 0.330 e. The van der Waals surface area contributed by atoms with Gasteiger partial charge in [-0.1, -0.05) is 36.8 Å². The smallest absolute Gasteiger partial charge is 0.330 e. The Balaban J connectivity index is 2.26. The lowest BCUT2D eigenvalue weighted by atomic mass is 10.0. The molecule has 0 amide bonds. The molecular formula is C19H26O3. The Hall–Kier alpha value is -2.03. The molecule has 0 heterocycles. The topological polar surface area (TPSA) is 46.5 Å². The summed E-state index contributed by atoms with van der Waals surface area (Å²) in [6, 6.07) is 6.87. The van der Waals surface area contributed by atoms with Gasteiger partial charge in [0.05, 0.1) is 6.61 Å². The third-order valence-corrected chi connectivity index (χ3v) is 3.40. The Morgan fingerprint density at radius 2 is 2.00 bits per heavy atom. The Morgan fingerprint density at radius 1 is 1.27 bits per heavy atom. The van der Waals surface area contributed by atoms with E-state index in [0.717, 1.165) is 19.3 Å². The van der Waals surface area contributed by atoms with Crippen LogP contribution in [0, 0.1) is 5.92 Å². The number of allylic oxidation sites excluding steroid dienone is 2. The average Bonchev–Trinajstić information content (AvgIpc) is 2.46. The van der Waals surface area contributed by atoms with Gasteiger partial charge in [-0.3, -0.25) is 0 Å². The highest BCUT2D eigenvalue weighted by Crippen LogP contribution is 2.17. The summed E-state index contributed by atoms with van der Waals surface area (Å²) in [7, 11) is 0. The highest BCUT2D eigenvalue weighted by atomic mass is 16.5. The van der Waals surface area contributed by atoms with E-state index in [9.17, 15) is 9.90 Å². The van der Waals surface area contributed by atoms with Crippen LogP contribution in [0.1, 0.15) is 45.6 Å². The summed E-state index contributed by atoms with van der Waals surface area (Å²) in [5.41, 5.74) is 1.95. The van der Waals surface area contributed by atoms with E-state index >= 15 is 0 Å². The first-order valence-corrected chi connectivity index (χ1v) is 7.75. The number of aromatic hydroxyl groups is 1. The lowest BCUT2D eigenvalue weighted by molar-refractivity contribution is -0.138. The molecule has 0 spiro atoms. The van der Waals surface area contributed by atoms with Crippen LogP contribution < -0.4 is 0 Å². The summed E-state index contributed by atoms with van der Waals surface area (Å²) in [5.74, 6) is 0.310. The number of hydrogen-bond acceptors (Lipinski definition) is 3. The molecule has 0 bridgehead atoms. The number of carbonyl (C=O) groups excluding carboxylic acids is 1. The maximum atomic E-state index is 11.6. The average molecular weight is 302 g/mol. The van der Waals surface area contributed by atoms with Gasteiger partial charge < -0.3 is 9.84 Å². The van der Waals surface area contributed by atoms with Crippen molar-refractivity contribution in [3.8, 4) is 5.75 Å². The lowest BCUT2D eigenvalue weighted by Crippen LogP contribution is -2.06. The first-order valence-electron chi connectivity index (χ1n) is 7.75. The molecule has 120 valence electrons. The summed E-state index contributed by atoms with van der Waals surface area (Å²) in [4.78, 5) is 11.6. The van der Waals surface area contributed by atoms with Crippen molar-refractivity contribution >= 4 is 12.0 Å². The molecule has 22 heavy (non-hydrogen) atoms. The number of ether oxygens (including phenoxy) is 1. The molecule has 0 fully saturated rings. The van der Waals surface area contributed by atoms with Crippen molar-refractivity contribution in [1.29, 1.82) is 0 Å². The number of carbonyl (C=O) groups is 1. The Bertz CT molecular complexity index is 525. The molecule has 1 atom stereocenters. The number of benzene rings is 1. The predicted octanol–water partition coefficient (Wildman–Crippen LogP) is 4.72. The molecule has 3 heteroatoms. The number of rotatable bonds is 8. The third kappa shape index (κ3) is 7.67. The summed E-state index contributed by atoms with van der Waals surface area (Å²) < 4.78 is 5.18. The highest BCUT2D eigenvalue weighted by molar-refractivity contribution is 5.87. The van der Waals surface area contributed by atoms with Crippen LogP contribution in [0.2, 0.25) is 0 Å². The summed E-state index contributed by atoms with van der Waals surface area (Å²) in [6.07, 6.45) is 8.20. The molecule has 3 nitrogen and oxygen atoms in total. The normalized spacial score (nSPS) is 12.1. The molecule has 1 unspecified atom stereocenters. The van der Waals surface area contributed by atoms with E-state index in [1.807, 2.05) is 0 Å². The monoisotopic (exact) mass is 302 g/mol. The van der Waals surface area contributed by atoms with E-state index in [-0.39, 0.29) is 11.7 Å². The van der Waals surface area contributed by atoms with Gasteiger partial charge in [0.25, 0.3) is 0 Å². The Labute approximate surface area is 133 Å². The van der Waals surface area contributed by atoms with Crippen LogP contribution in [0.15, 0.2) is 42.0 Å². The van der Waals surface area contributed by atoms with Crippen LogP contribution in [-0.2, 0) is 9.53 Å². The van der Waals surface area contributed by atoms with E-state index in [1.54, 1.807) is 30.3 Å². The van der Waals surface area contributed by atoms with Crippen molar-refractivity contribution < 1.29 is 14.6 Å². The minimum atomic E-state index is -0.375. The lowest BCUT2D eigenvalue weighted by Gasteiger charge is -2.09. The largest absolute Gasteiger partial charge is 0.507 e. The zero-order chi connectivity index (χ0) is 16.4. The van der Waals surface area contributed by atoms with Crippen LogP contribution in [0.4, 0.5) is 0 Å². The number of phenols is 1. The molecular weight excluding hydrogens is 276 g/mol. The quantitative estimate of drug-likeness (QED) is 0.429. The van der Waals surface area contributed by atoms with E-state index in [1.165, 1.54) is 11.6 Å². The second kappa shape index (κ2) is 9.82. The zero-order valence-electron chi connectivity index (χ0n) is 13.7. The van der Waals surface area contributed by atoms with Crippen molar-refractivity contribution in [2.45, 2.75) is 40.0 Å². The van der Waals surface area contributed by atoms with Gasteiger partial charge in [0, 0.05) is 11.6 Å². The van der Waals surface area contributed by atoms with Crippen molar-refractivity contribution in [3.05, 3.63) is 47.6 Å². The molecule has 0 aliphatic rings. The molecule has 1 rings (SSSR count). The minimum absolute atomic E-state index is 0.152. The molecule has 1 aromatic carbocycles. The number of phenolic OH excluding ortho intramolecular Hbond substituents is 1. The number of para-hydroxylation sites is 1. The molecule has 1 N–H and O–H groups in total. The van der Waals surface area contributed by atoms with Gasteiger partial charge in [-0.2, -0.15) is 0 Å². The predicted molar refractivity (Wildman–Crippen MR) is 90.5 cm³/mol. The second-order valence-electron chi connectivity index (χ2n) is 5.81. The van der Waals surface area contributed by atoms with Crippen molar-refractivity contribution in [2.24, 2.45) is 5.92 Å². The Morgan fingerprint density at radius 3 is 2.68 bits per heavy atom. The van der Waals surface area contributed by atoms with Crippen LogP contribution in [0.5, 0.6) is 5.75 Å². The molecule has 0 radical (unpaired) electrons. The first kappa shape index (κ1) is 18.0. The molecule has 1 aromatic rings. The molecule has 0 aliphatic carbocycles. The third-order valence-electron chi connectivity index (χ3n) is 3.40. The van der Waals surface area contributed by atoms with Crippen LogP contribution in [0.25, 0.3) is 6.08 Å². The van der Waals surface area contributed by atoms with E-state index in [0.29, 0.717) is 18.1 Å². The van der Waals surface area contributed by atoms with E-state index < -0.39 is 0 Å². The molecule has 0 aliphatic heterocycles. The van der Waals surface area contributed by atoms with Gasteiger partial charge in [-0.05, 0) is 51.2 Å². The fraction of sp³-hybridized carbons (Fsp3) is 0.421. The fourth-order valence-electron chi connectivity index (χ4n) is 2.00. The van der Waals surface area contributed by atoms with Crippen molar-refractivity contribution in [2.75, 3.05) is 6.61 Å². The van der Waals surface area contributed by atoms with Crippen molar-refractivity contribution in [1.82, 2.24) is 0 Å². The minimum Gasteiger partial charge on any atom is -0.507 e. The SMILES string of the molecule is CC(C)=CCCC(C)CCOC(=O)/C=C/c1ccccc1O. The molecule has 0 saturated heterocycles.